The summed E-state index contributed by atoms with van der Waals surface area (Å²) in [6.45, 7) is 4.44. The van der Waals surface area contributed by atoms with Crippen molar-refractivity contribution in [1.82, 2.24) is 15.0 Å². The standard InChI is InChI=1S/C19H20N4O3/c1-13-9-20-5-4-15(13)16-11-22-19(21-10-14-12-24-7-8-25-14)23-18(16)17-3-2-6-26-17/h2-6,9,11,14H,7-8,10,12H2,1H3,(H,21,22,23). The Bertz CT molecular complexity index is 861. The van der Waals surface area contributed by atoms with E-state index in [0.29, 0.717) is 38.1 Å². The van der Waals surface area contributed by atoms with Gasteiger partial charge in [-0.15, -0.1) is 0 Å². The molecular weight excluding hydrogens is 332 g/mol. The Morgan fingerprint density at radius 2 is 2.15 bits per heavy atom. The Hall–Kier alpha value is -2.77. The van der Waals surface area contributed by atoms with Crippen LogP contribution in [0.3, 0.4) is 0 Å². The van der Waals surface area contributed by atoms with E-state index in [1.54, 1.807) is 12.5 Å². The second-order valence-electron chi connectivity index (χ2n) is 6.07. The molecule has 1 aliphatic heterocycles. The number of pyridine rings is 1. The molecule has 0 aliphatic carbocycles. The third-order valence-electron chi connectivity index (χ3n) is 4.23. The lowest BCUT2D eigenvalue weighted by Crippen LogP contribution is -2.34. The minimum atomic E-state index is 0.00142. The van der Waals surface area contributed by atoms with Crippen molar-refractivity contribution in [3.63, 3.8) is 0 Å². The first-order valence-corrected chi connectivity index (χ1v) is 8.56. The number of nitrogens with zero attached hydrogens (tertiary/aromatic N) is 3. The molecule has 26 heavy (non-hydrogen) atoms. The minimum Gasteiger partial charge on any atom is -0.463 e. The maximum Gasteiger partial charge on any atom is 0.223 e. The third kappa shape index (κ3) is 3.58. The lowest BCUT2D eigenvalue weighted by molar-refractivity contribution is -0.0819. The van der Waals surface area contributed by atoms with Crippen LogP contribution in [0.15, 0.2) is 47.5 Å². The van der Waals surface area contributed by atoms with E-state index in [0.717, 1.165) is 22.4 Å². The van der Waals surface area contributed by atoms with Gasteiger partial charge in [-0.3, -0.25) is 4.98 Å². The molecule has 7 heteroatoms. The highest BCUT2D eigenvalue weighted by molar-refractivity contribution is 5.80. The molecule has 0 radical (unpaired) electrons. The molecule has 1 atom stereocenters. The fraction of sp³-hybridized carbons (Fsp3) is 0.316. The molecule has 0 saturated carbocycles. The maximum atomic E-state index is 5.64. The van der Waals surface area contributed by atoms with Crippen molar-refractivity contribution in [2.24, 2.45) is 0 Å². The highest BCUT2D eigenvalue weighted by Crippen LogP contribution is 2.32. The van der Waals surface area contributed by atoms with Crippen LogP contribution in [0.4, 0.5) is 5.95 Å². The Labute approximate surface area is 151 Å². The smallest absolute Gasteiger partial charge is 0.223 e. The molecule has 1 saturated heterocycles. The summed E-state index contributed by atoms with van der Waals surface area (Å²) in [5, 5.41) is 3.23. The van der Waals surface area contributed by atoms with Crippen molar-refractivity contribution in [2.45, 2.75) is 13.0 Å². The molecule has 3 aromatic rings. The minimum absolute atomic E-state index is 0.00142. The highest BCUT2D eigenvalue weighted by Gasteiger charge is 2.17. The van der Waals surface area contributed by atoms with Crippen LogP contribution in [0, 0.1) is 6.92 Å². The SMILES string of the molecule is Cc1cnccc1-c1cnc(NCC2COCCO2)nc1-c1ccco1. The normalized spacial score (nSPS) is 17.2. The van der Waals surface area contributed by atoms with Gasteiger partial charge in [0.25, 0.3) is 0 Å². The Morgan fingerprint density at radius 3 is 2.92 bits per heavy atom. The lowest BCUT2D eigenvalue weighted by Gasteiger charge is -2.23. The van der Waals surface area contributed by atoms with Gasteiger partial charge < -0.3 is 19.2 Å². The molecule has 4 rings (SSSR count). The Balaban J connectivity index is 1.64. The zero-order valence-electron chi connectivity index (χ0n) is 14.5. The molecule has 1 N–H and O–H groups in total. The number of ether oxygens (including phenoxy) is 2. The fourth-order valence-corrected chi connectivity index (χ4v) is 2.90. The van der Waals surface area contributed by atoms with Crippen molar-refractivity contribution in [1.29, 1.82) is 0 Å². The van der Waals surface area contributed by atoms with E-state index in [9.17, 15) is 0 Å². The highest BCUT2D eigenvalue weighted by atomic mass is 16.6. The van der Waals surface area contributed by atoms with Gasteiger partial charge in [-0.2, -0.15) is 0 Å². The van der Waals surface area contributed by atoms with Gasteiger partial charge in [-0.05, 0) is 36.2 Å². The van der Waals surface area contributed by atoms with Crippen LogP contribution in [-0.4, -0.2) is 47.4 Å². The summed E-state index contributed by atoms with van der Waals surface area (Å²) in [4.78, 5) is 13.3. The molecule has 1 unspecified atom stereocenters. The van der Waals surface area contributed by atoms with Gasteiger partial charge in [0.05, 0.1) is 32.2 Å². The molecule has 134 valence electrons. The first kappa shape index (κ1) is 16.7. The van der Waals surface area contributed by atoms with Crippen molar-refractivity contribution in [3.05, 3.63) is 48.6 Å². The van der Waals surface area contributed by atoms with Crippen molar-refractivity contribution < 1.29 is 13.9 Å². The average Bonchev–Trinajstić information content (AvgIpc) is 3.22. The van der Waals surface area contributed by atoms with Crippen LogP contribution in [0.2, 0.25) is 0 Å². The predicted molar refractivity (Wildman–Crippen MR) is 96.8 cm³/mol. The molecule has 0 spiro atoms. The van der Waals surface area contributed by atoms with E-state index >= 15 is 0 Å². The molecule has 0 aromatic carbocycles. The number of hydrogen-bond acceptors (Lipinski definition) is 7. The number of rotatable bonds is 5. The molecule has 7 nitrogen and oxygen atoms in total. The maximum absolute atomic E-state index is 5.64. The largest absolute Gasteiger partial charge is 0.463 e. The molecular formula is C19H20N4O3. The van der Waals surface area contributed by atoms with Gasteiger partial charge in [0.1, 0.15) is 5.69 Å². The van der Waals surface area contributed by atoms with E-state index in [2.05, 4.69) is 20.3 Å². The average molecular weight is 352 g/mol. The monoisotopic (exact) mass is 352 g/mol. The van der Waals surface area contributed by atoms with Crippen LogP contribution in [0.5, 0.6) is 0 Å². The van der Waals surface area contributed by atoms with Crippen LogP contribution in [0.1, 0.15) is 5.56 Å². The topological polar surface area (TPSA) is 82.3 Å². The fourth-order valence-electron chi connectivity index (χ4n) is 2.90. The number of furan rings is 1. The van der Waals surface area contributed by atoms with E-state index < -0.39 is 0 Å². The summed E-state index contributed by atoms with van der Waals surface area (Å²) < 4.78 is 16.7. The summed E-state index contributed by atoms with van der Waals surface area (Å²) in [5.74, 6) is 1.22. The molecule has 1 fully saturated rings. The molecule has 0 amide bonds. The van der Waals surface area contributed by atoms with E-state index in [-0.39, 0.29) is 6.10 Å². The van der Waals surface area contributed by atoms with Crippen molar-refractivity contribution in [3.8, 4) is 22.6 Å². The number of aryl methyl sites for hydroxylation is 1. The summed E-state index contributed by atoms with van der Waals surface area (Å²) >= 11 is 0. The van der Waals surface area contributed by atoms with Gasteiger partial charge in [0, 0.05) is 30.7 Å². The van der Waals surface area contributed by atoms with Crippen LogP contribution >= 0.6 is 0 Å². The summed E-state index contributed by atoms with van der Waals surface area (Å²) in [6.07, 6.45) is 7.05. The summed E-state index contributed by atoms with van der Waals surface area (Å²) in [7, 11) is 0. The van der Waals surface area contributed by atoms with Crippen LogP contribution in [-0.2, 0) is 9.47 Å². The van der Waals surface area contributed by atoms with E-state index in [1.165, 1.54) is 0 Å². The first-order chi connectivity index (χ1) is 12.8. The predicted octanol–water partition coefficient (Wildman–Crippen LogP) is 2.93. The lowest BCUT2D eigenvalue weighted by atomic mass is 10.0. The number of anilines is 1. The third-order valence-corrected chi connectivity index (χ3v) is 4.23. The quantitative estimate of drug-likeness (QED) is 0.756. The van der Waals surface area contributed by atoms with Gasteiger partial charge in [-0.1, -0.05) is 0 Å². The summed E-state index contributed by atoms with van der Waals surface area (Å²) in [5.41, 5.74) is 3.73. The number of aromatic nitrogens is 3. The van der Waals surface area contributed by atoms with E-state index in [1.807, 2.05) is 37.5 Å². The van der Waals surface area contributed by atoms with Gasteiger partial charge in [0.2, 0.25) is 5.95 Å². The number of hydrogen-bond donors (Lipinski definition) is 1. The Kier molecular flexibility index (Phi) is 4.90. The van der Waals surface area contributed by atoms with E-state index in [4.69, 9.17) is 13.9 Å². The zero-order chi connectivity index (χ0) is 17.8. The van der Waals surface area contributed by atoms with Gasteiger partial charge in [0.15, 0.2) is 5.76 Å². The molecule has 1 aliphatic rings. The van der Waals surface area contributed by atoms with Gasteiger partial charge in [-0.25, -0.2) is 9.97 Å². The molecule has 0 bridgehead atoms. The summed E-state index contributed by atoms with van der Waals surface area (Å²) in [6, 6.07) is 5.70. The second-order valence-corrected chi connectivity index (χ2v) is 6.07. The zero-order valence-corrected chi connectivity index (χ0v) is 14.5. The van der Waals surface area contributed by atoms with Crippen molar-refractivity contribution in [2.75, 3.05) is 31.7 Å². The van der Waals surface area contributed by atoms with Gasteiger partial charge >= 0.3 is 0 Å². The van der Waals surface area contributed by atoms with Crippen LogP contribution < -0.4 is 5.32 Å². The molecule has 3 aromatic heterocycles. The van der Waals surface area contributed by atoms with Crippen molar-refractivity contribution >= 4 is 5.95 Å². The second kappa shape index (κ2) is 7.63. The Morgan fingerprint density at radius 1 is 1.19 bits per heavy atom. The molecule has 4 heterocycles. The van der Waals surface area contributed by atoms with Crippen LogP contribution in [0.25, 0.3) is 22.6 Å². The first-order valence-electron chi connectivity index (χ1n) is 8.56. The number of nitrogens with one attached hydrogen (secondary N) is 1.